The van der Waals surface area contributed by atoms with Crippen molar-refractivity contribution in [3.8, 4) is 0 Å². The van der Waals surface area contributed by atoms with Crippen LogP contribution in [0.2, 0.25) is 0 Å². The van der Waals surface area contributed by atoms with Crippen molar-refractivity contribution in [2.45, 2.75) is 35.8 Å². The van der Waals surface area contributed by atoms with Crippen molar-refractivity contribution < 1.29 is 4.79 Å². The Morgan fingerprint density at radius 3 is 2.29 bits per heavy atom. The van der Waals surface area contributed by atoms with E-state index < -0.39 is 0 Å². The largest absolute Gasteiger partial charge is 0.297 e. The number of fused-ring (bicyclic) bond motifs is 2. The van der Waals surface area contributed by atoms with Gasteiger partial charge in [-0.2, -0.15) is 0 Å². The number of carbonyl (C=O) groups excluding carboxylic acids is 1. The van der Waals surface area contributed by atoms with E-state index in [1.807, 2.05) is 0 Å². The first-order chi connectivity index (χ1) is 6.33. The molecule has 2 saturated carbocycles. The van der Waals surface area contributed by atoms with Crippen molar-refractivity contribution in [3.05, 3.63) is 0 Å². The standard InChI is InChI=1S/C10H13Br3O/c1-8(2)7(14)10(13)4-3-9(8,5-11)6(10)12/h6H,3-5H2,1-2H3/t6-,9-,10-/m0/s1. The molecule has 0 N–H and O–H groups in total. The number of rotatable bonds is 1. The van der Waals surface area contributed by atoms with Crippen LogP contribution in [0.5, 0.6) is 0 Å². The van der Waals surface area contributed by atoms with Gasteiger partial charge in [0, 0.05) is 21.0 Å². The van der Waals surface area contributed by atoms with Gasteiger partial charge in [0.2, 0.25) is 0 Å². The first-order valence-electron chi connectivity index (χ1n) is 4.77. The Labute approximate surface area is 110 Å². The van der Waals surface area contributed by atoms with Crippen molar-refractivity contribution >= 4 is 53.6 Å². The van der Waals surface area contributed by atoms with Gasteiger partial charge in [0.05, 0.1) is 4.32 Å². The van der Waals surface area contributed by atoms with E-state index in [-0.39, 0.29) is 20.0 Å². The smallest absolute Gasteiger partial charge is 0.156 e. The van der Waals surface area contributed by atoms with E-state index in [4.69, 9.17) is 0 Å². The molecule has 4 heteroatoms. The normalized spacial score (nSPS) is 50.1. The average Bonchev–Trinajstić information content (AvgIpc) is 2.45. The summed E-state index contributed by atoms with van der Waals surface area (Å²) in [4.78, 5) is 12.5. The maximum absolute atomic E-state index is 12.3. The van der Waals surface area contributed by atoms with Crippen molar-refractivity contribution in [1.82, 2.24) is 0 Å². The fourth-order valence-corrected chi connectivity index (χ4v) is 7.27. The molecule has 2 aliphatic carbocycles. The number of Topliss-reactive ketones (excluding diaryl/α,β-unsaturated/α-hetero) is 1. The van der Waals surface area contributed by atoms with Crippen LogP contribution in [0, 0.1) is 10.8 Å². The first-order valence-corrected chi connectivity index (χ1v) is 7.60. The van der Waals surface area contributed by atoms with Gasteiger partial charge in [-0.3, -0.25) is 4.79 Å². The van der Waals surface area contributed by atoms with E-state index in [0.29, 0.717) is 5.78 Å². The van der Waals surface area contributed by atoms with Gasteiger partial charge >= 0.3 is 0 Å². The average molecular weight is 389 g/mol. The first kappa shape index (κ1) is 11.6. The van der Waals surface area contributed by atoms with E-state index in [2.05, 4.69) is 61.6 Å². The van der Waals surface area contributed by atoms with Crippen LogP contribution in [0.15, 0.2) is 0 Å². The van der Waals surface area contributed by atoms with Crippen LogP contribution < -0.4 is 0 Å². The molecule has 80 valence electrons. The topological polar surface area (TPSA) is 17.1 Å². The maximum Gasteiger partial charge on any atom is 0.156 e. The number of hydrogen-bond donors (Lipinski definition) is 0. The van der Waals surface area contributed by atoms with Crippen LogP contribution in [0.25, 0.3) is 0 Å². The van der Waals surface area contributed by atoms with Crippen LogP contribution in [-0.4, -0.2) is 20.3 Å². The van der Waals surface area contributed by atoms with Gasteiger partial charge in [-0.05, 0) is 12.8 Å². The van der Waals surface area contributed by atoms with Crippen LogP contribution in [0.1, 0.15) is 26.7 Å². The predicted octanol–water partition coefficient (Wildman–Crippen LogP) is 3.67. The molecular formula is C10H13Br3O. The molecule has 2 rings (SSSR count). The zero-order chi connectivity index (χ0) is 10.8. The Morgan fingerprint density at radius 1 is 1.43 bits per heavy atom. The molecule has 0 heterocycles. The molecule has 0 spiro atoms. The highest BCUT2D eigenvalue weighted by molar-refractivity contribution is 9.13. The van der Waals surface area contributed by atoms with Crippen molar-refractivity contribution in [2.75, 3.05) is 5.33 Å². The number of ketones is 1. The third-order valence-corrected chi connectivity index (χ3v) is 8.74. The molecule has 0 aromatic rings. The molecule has 3 atom stereocenters. The van der Waals surface area contributed by atoms with Crippen molar-refractivity contribution in [3.63, 3.8) is 0 Å². The van der Waals surface area contributed by atoms with E-state index in [1.54, 1.807) is 0 Å². The summed E-state index contributed by atoms with van der Waals surface area (Å²) in [5.74, 6) is 0.359. The maximum atomic E-state index is 12.3. The van der Waals surface area contributed by atoms with E-state index in [0.717, 1.165) is 18.2 Å². The fraction of sp³-hybridized carbons (Fsp3) is 0.900. The zero-order valence-electron chi connectivity index (χ0n) is 8.24. The molecular weight excluding hydrogens is 376 g/mol. The lowest BCUT2D eigenvalue weighted by Gasteiger charge is -2.40. The zero-order valence-corrected chi connectivity index (χ0v) is 13.0. The summed E-state index contributed by atoms with van der Waals surface area (Å²) < 4.78 is -0.315. The summed E-state index contributed by atoms with van der Waals surface area (Å²) in [5.41, 5.74) is -0.153. The highest BCUT2D eigenvalue weighted by Crippen LogP contribution is 2.69. The molecule has 2 bridgehead atoms. The van der Waals surface area contributed by atoms with Crippen molar-refractivity contribution in [1.29, 1.82) is 0 Å². The molecule has 0 radical (unpaired) electrons. The van der Waals surface area contributed by atoms with E-state index in [1.165, 1.54) is 0 Å². The lowest BCUT2D eigenvalue weighted by Crippen LogP contribution is -2.43. The lowest BCUT2D eigenvalue weighted by atomic mass is 9.65. The number of hydrogen-bond acceptors (Lipinski definition) is 1. The molecule has 14 heavy (non-hydrogen) atoms. The summed E-state index contributed by atoms with van der Waals surface area (Å²) >= 11 is 11.0. The number of halogens is 3. The fourth-order valence-electron chi connectivity index (χ4n) is 3.00. The van der Waals surface area contributed by atoms with E-state index in [9.17, 15) is 4.79 Å². The predicted molar refractivity (Wildman–Crippen MR) is 68.6 cm³/mol. The van der Waals surface area contributed by atoms with Crippen LogP contribution in [0.4, 0.5) is 0 Å². The minimum atomic E-state index is -0.315. The second-order valence-electron chi connectivity index (χ2n) is 4.97. The quantitative estimate of drug-likeness (QED) is 0.626. The van der Waals surface area contributed by atoms with Gasteiger partial charge in [-0.25, -0.2) is 0 Å². The third kappa shape index (κ3) is 0.988. The van der Waals surface area contributed by atoms with Crippen LogP contribution in [0.3, 0.4) is 0 Å². The Bertz CT molecular complexity index is 302. The molecule has 0 saturated heterocycles. The molecule has 0 aromatic carbocycles. The Kier molecular flexibility index (Phi) is 2.54. The van der Waals surface area contributed by atoms with Crippen LogP contribution >= 0.6 is 47.8 Å². The Morgan fingerprint density at radius 2 is 2.00 bits per heavy atom. The Balaban J connectivity index is 2.58. The van der Waals surface area contributed by atoms with Crippen LogP contribution in [-0.2, 0) is 4.79 Å². The summed E-state index contributed by atoms with van der Waals surface area (Å²) in [6.07, 6.45) is 2.06. The second kappa shape index (κ2) is 3.07. The summed E-state index contributed by atoms with van der Waals surface area (Å²) in [6, 6.07) is 0. The van der Waals surface area contributed by atoms with Gasteiger partial charge in [0.25, 0.3) is 0 Å². The van der Waals surface area contributed by atoms with Gasteiger partial charge < -0.3 is 0 Å². The minimum absolute atomic E-state index is 0.0770. The monoisotopic (exact) mass is 386 g/mol. The minimum Gasteiger partial charge on any atom is -0.297 e. The lowest BCUT2D eigenvalue weighted by molar-refractivity contribution is -0.131. The van der Waals surface area contributed by atoms with Gasteiger partial charge in [-0.15, -0.1) is 0 Å². The molecule has 2 fully saturated rings. The molecule has 0 aromatic heterocycles. The summed E-state index contributed by atoms with van der Waals surface area (Å²) in [6.45, 7) is 4.15. The Hall–Kier alpha value is 1.11. The summed E-state index contributed by atoms with van der Waals surface area (Å²) in [5, 5.41) is 0.891. The molecule has 2 aliphatic rings. The third-order valence-electron chi connectivity index (χ3n) is 4.25. The van der Waals surface area contributed by atoms with Gasteiger partial charge in [0.15, 0.2) is 5.78 Å². The highest BCUT2D eigenvalue weighted by Gasteiger charge is 2.73. The number of carbonyl (C=O) groups is 1. The molecule has 0 amide bonds. The second-order valence-corrected chi connectivity index (χ2v) is 7.86. The summed E-state index contributed by atoms with van der Waals surface area (Å²) in [7, 11) is 0. The molecule has 0 aliphatic heterocycles. The SMILES string of the molecule is CC1(C)C(=O)[C@]2(Br)CC[C@]1(CBr)[C@@H]2Br. The molecule has 0 unspecified atom stereocenters. The van der Waals surface area contributed by atoms with Gasteiger partial charge in [-0.1, -0.05) is 61.6 Å². The van der Waals surface area contributed by atoms with Gasteiger partial charge in [0.1, 0.15) is 0 Å². The number of alkyl halides is 3. The van der Waals surface area contributed by atoms with Crippen molar-refractivity contribution in [2.24, 2.45) is 10.8 Å². The van der Waals surface area contributed by atoms with E-state index >= 15 is 0 Å². The molecule has 1 nitrogen and oxygen atoms in total. The highest BCUT2D eigenvalue weighted by atomic mass is 79.9.